The lowest BCUT2D eigenvalue weighted by molar-refractivity contribution is -0.141. The van der Waals surface area contributed by atoms with E-state index in [1.54, 1.807) is 19.1 Å². The Labute approximate surface area is 117 Å². The molecule has 1 N–H and O–H groups in total. The summed E-state index contributed by atoms with van der Waals surface area (Å²) in [5.74, 6) is -0.826. The van der Waals surface area contributed by atoms with E-state index in [1.807, 2.05) is 4.90 Å². The molecule has 2 heterocycles. The highest BCUT2D eigenvalue weighted by Gasteiger charge is 2.26. The van der Waals surface area contributed by atoms with Crippen LogP contribution in [0.4, 0.5) is 5.82 Å². The Balaban J connectivity index is 2.19. The number of nitrogens with zero attached hydrogens (tertiary/aromatic N) is 2. The molecular formula is C14H18N2O4. The van der Waals surface area contributed by atoms with E-state index in [9.17, 15) is 9.59 Å². The molecule has 1 atom stereocenters. The number of aryl methyl sites for hydroxylation is 1. The largest absolute Gasteiger partial charge is 0.481 e. The van der Waals surface area contributed by atoms with Crippen molar-refractivity contribution >= 4 is 17.8 Å². The highest BCUT2D eigenvalue weighted by atomic mass is 16.5. The van der Waals surface area contributed by atoms with Gasteiger partial charge in [0.2, 0.25) is 0 Å². The Morgan fingerprint density at radius 3 is 2.80 bits per heavy atom. The molecule has 1 aromatic heterocycles. The lowest BCUT2D eigenvalue weighted by Crippen LogP contribution is -2.39. The van der Waals surface area contributed by atoms with E-state index < -0.39 is 11.9 Å². The average molecular weight is 278 g/mol. The molecule has 6 heteroatoms. The number of aromatic nitrogens is 1. The van der Waals surface area contributed by atoms with E-state index in [1.165, 1.54) is 7.11 Å². The number of esters is 1. The molecule has 0 aromatic carbocycles. The number of carboxylic acids is 1. The summed E-state index contributed by atoms with van der Waals surface area (Å²) in [5, 5.41) is 9.10. The van der Waals surface area contributed by atoms with Crippen molar-refractivity contribution in [2.45, 2.75) is 19.8 Å². The van der Waals surface area contributed by atoms with Gasteiger partial charge in [0.05, 0.1) is 24.3 Å². The number of carboxylic acid groups (broad SMARTS) is 1. The molecule has 0 radical (unpaired) electrons. The van der Waals surface area contributed by atoms with Gasteiger partial charge in [-0.2, -0.15) is 0 Å². The number of rotatable bonds is 3. The van der Waals surface area contributed by atoms with Gasteiger partial charge in [-0.1, -0.05) is 0 Å². The highest BCUT2D eigenvalue weighted by molar-refractivity contribution is 5.90. The van der Waals surface area contributed by atoms with Crippen molar-refractivity contribution in [2.75, 3.05) is 25.1 Å². The number of hydrogen-bond acceptors (Lipinski definition) is 5. The van der Waals surface area contributed by atoms with Crippen LogP contribution in [0, 0.1) is 12.8 Å². The minimum Gasteiger partial charge on any atom is -0.481 e. The zero-order valence-electron chi connectivity index (χ0n) is 11.6. The summed E-state index contributed by atoms with van der Waals surface area (Å²) >= 11 is 0. The second kappa shape index (κ2) is 5.90. The van der Waals surface area contributed by atoms with Gasteiger partial charge in [0.1, 0.15) is 5.82 Å². The van der Waals surface area contributed by atoms with Crippen molar-refractivity contribution in [2.24, 2.45) is 5.92 Å². The number of aliphatic carboxylic acids is 1. The first-order valence-electron chi connectivity index (χ1n) is 6.56. The first-order chi connectivity index (χ1) is 9.52. The van der Waals surface area contributed by atoms with Crippen LogP contribution in [0.3, 0.4) is 0 Å². The second-order valence-electron chi connectivity index (χ2n) is 4.92. The van der Waals surface area contributed by atoms with Gasteiger partial charge in [-0.3, -0.25) is 4.79 Å². The lowest BCUT2D eigenvalue weighted by atomic mass is 9.98. The van der Waals surface area contributed by atoms with Crippen LogP contribution in [0.2, 0.25) is 0 Å². The quantitative estimate of drug-likeness (QED) is 0.844. The lowest BCUT2D eigenvalue weighted by Gasteiger charge is -2.31. The molecule has 1 aliphatic heterocycles. The molecule has 0 aliphatic carbocycles. The fourth-order valence-corrected chi connectivity index (χ4v) is 2.44. The molecule has 0 spiro atoms. The van der Waals surface area contributed by atoms with Crippen molar-refractivity contribution in [1.82, 2.24) is 4.98 Å². The third kappa shape index (κ3) is 2.89. The van der Waals surface area contributed by atoms with Crippen molar-refractivity contribution in [3.8, 4) is 0 Å². The number of methoxy groups -OCH3 is 1. The average Bonchev–Trinajstić information content (AvgIpc) is 2.46. The molecule has 1 aromatic rings. The van der Waals surface area contributed by atoms with Crippen LogP contribution in [0.1, 0.15) is 28.9 Å². The number of hydrogen-bond donors (Lipinski definition) is 1. The maximum Gasteiger partial charge on any atom is 0.339 e. The summed E-state index contributed by atoms with van der Waals surface area (Å²) in [6.45, 7) is 2.99. The van der Waals surface area contributed by atoms with Gasteiger partial charge in [0, 0.05) is 13.1 Å². The molecule has 1 saturated heterocycles. The predicted molar refractivity (Wildman–Crippen MR) is 72.9 cm³/mol. The van der Waals surface area contributed by atoms with E-state index in [0.717, 1.165) is 13.0 Å². The minimum atomic E-state index is -0.766. The van der Waals surface area contributed by atoms with E-state index in [2.05, 4.69) is 9.72 Å². The molecule has 20 heavy (non-hydrogen) atoms. The standard InChI is InChI=1S/C14H18N2O4/c1-9-11(14(19)20-2)5-6-12(15-9)16-7-3-4-10(8-16)13(17)18/h5-6,10H,3-4,7-8H2,1-2H3,(H,17,18). The predicted octanol–water partition coefficient (Wildman–Crippen LogP) is 1.48. The van der Waals surface area contributed by atoms with Gasteiger partial charge in [-0.15, -0.1) is 0 Å². The third-order valence-electron chi connectivity index (χ3n) is 3.57. The van der Waals surface area contributed by atoms with Crippen molar-refractivity contribution in [3.05, 3.63) is 23.4 Å². The summed E-state index contributed by atoms with van der Waals surface area (Å²) in [7, 11) is 1.33. The molecule has 2 rings (SSSR count). The van der Waals surface area contributed by atoms with Crippen LogP contribution in [0.5, 0.6) is 0 Å². The number of carbonyl (C=O) groups is 2. The fourth-order valence-electron chi connectivity index (χ4n) is 2.44. The topological polar surface area (TPSA) is 79.7 Å². The van der Waals surface area contributed by atoms with E-state index in [4.69, 9.17) is 5.11 Å². The van der Waals surface area contributed by atoms with Crippen molar-refractivity contribution in [1.29, 1.82) is 0 Å². The Bertz CT molecular complexity index is 530. The van der Waals surface area contributed by atoms with Crippen molar-refractivity contribution in [3.63, 3.8) is 0 Å². The monoisotopic (exact) mass is 278 g/mol. The van der Waals surface area contributed by atoms with Gasteiger partial charge >= 0.3 is 11.9 Å². The first kappa shape index (κ1) is 14.3. The fraction of sp³-hybridized carbons (Fsp3) is 0.500. The summed E-state index contributed by atoms with van der Waals surface area (Å²) in [4.78, 5) is 28.9. The van der Waals surface area contributed by atoms with E-state index in [-0.39, 0.29) is 5.92 Å². The molecule has 0 bridgehead atoms. The van der Waals surface area contributed by atoms with Gasteiger partial charge in [0.15, 0.2) is 0 Å². The van der Waals surface area contributed by atoms with E-state index in [0.29, 0.717) is 30.0 Å². The first-order valence-corrected chi connectivity index (χ1v) is 6.56. The zero-order chi connectivity index (χ0) is 14.7. The van der Waals surface area contributed by atoms with Crippen LogP contribution < -0.4 is 4.90 Å². The number of anilines is 1. The van der Waals surface area contributed by atoms with Crippen LogP contribution in [0.15, 0.2) is 12.1 Å². The maximum atomic E-state index is 11.5. The minimum absolute atomic E-state index is 0.355. The Morgan fingerprint density at radius 1 is 1.45 bits per heavy atom. The summed E-state index contributed by atoms with van der Waals surface area (Å²) in [6.07, 6.45) is 1.53. The Hall–Kier alpha value is -2.11. The number of ether oxygens (including phenoxy) is 1. The zero-order valence-corrected chi connectivity index (χ0v) is 11.6. The summed E-state index contributed by atoms with van der Waals surface area (Å²) < 4.78 is 4.68. The molecule has 0 saturated carbocycles. The van der Waals surface area contributed by atoms with Crippen LogP contribution >= 0.6 is 0 Å². The normalized spacial score (nSPS) is 18.7. The van der Waals surface area contributed by atoms with Gasteiger partial charge in [-0.05, 0) is 31.9 Å². The smallest absolute Gasteiger partial charge is 0.339 e. The van der Waals surface area contributed by atoms with Gasteiger partial charge in [0.25, 0.3) is 0 Å². The molecular weight excluding hydrogens is 260 g/mol. The van der Waals surface area contributed by atoms with Crippen LogP contribution in [0.25, 0.3) is 0 Å². The summed E-state index contributed by atoms with van der Waals surface area (Å²) in [5.41, 5.74) is 1.02. The molecule has 108 valence electrons. The Kier molecular flexibility index (Phi) is 4.22. The van der Waals surface area contributed by atoms with Crippen molar-refractivity contribution < 1.29 is 19.4 Å². The summed E-state index contributed by atoms with van der Waals surface area (Å²) in [6, 6.07) is 3.41. The molecule has 6 nitrogen and oxygen atoms in total. The third-order valence-corrected chi connectivity index (χ3v) is 3.57. The number of carbonyl (C=O) groups excluding carboxylic acids is 1. The number of piperidine rings is 1. The maximum absolute atomic E-state index is 11.5. The molecule has 1 fully saturated rings. The second-order valence-corrected chi connectivity index (χ2v) is 4.92. The van der Waals surface area contributed by atoms with Gasteiger partial charge in [-0.25, -0.2) is 9.78 Å². The van der Waals surface area contributed by atoms with Gasteiger partial charge < -0.3 is 14.7 Å². The molecule has 0 amide bonds. The Morgan fingerprint density at radius 2 is 2.20 bits per heavy atom. The molecule has 1 unspecified atom stereocenters. The van der Waals surface area contributed by atoms with Crippen LogP contribution in [-0.4, -0.2) is 42.2 Å². The van der Waals surface area contributed by atoms with E-state index >= 15 is 0 Å². The SMILES string of the molecule is COC(=O)c1ccc(N2CCCC(C(=O)O)C2)nc1C. The number of pyridine rings is 1. The highest BCUT2D eigenvalue weighted by Crippen LogP contribution is 2.23. The molecule has 1 aliphatic rings. The van der Waals surface area contributed by atoms with Crippen LogP contribution in [-0.2, 0) is 9.53 Å².